The number of thiophene rings is 1. The van der Waals surface area contributed by atoms with Crippen molar-refractivity contribution in [3.05, 3.63) is 140 Å². The van der Waals surface area contributed by atoms with Gasteiger partial charge in [-0.3, -0.25) is 15.0 Å². The van der Waals surface area contributed by atoms with Crippen molar-refractivity contribution >= 4 is 38.6 Å². The summed E-state index contributed by atoms with van der Waals surface area (Å²) in [5, 5.41) is 1.11. The Balaban J connectivity index is 0.00000289. The third kappa shape index (κ3) is 5.12. The molecule has 0 bridgehead atoms. The molecule has 0 fully saturated rings. The summed E-state index contributed by atoms with van der Waals surface area (Å²) in [6, 6.07) is 39.5. The van der Waals surface area contributed by atoms with Crippen molar-refractivity contribution in [2.75, 3.05) is 4.90 Å². The maximum absolute atomic E-state index is 5.07. The van der Waals surface area contributed by atoms with E-state index in [1.165, 1.54) is 4.70 Å². The van der Waals surface area contributed by atoms with Crippen molar-refractivity contribution in [3.8, 4) is 27.5 Å². The molecule has 0 aliphatic carbocycles. The zero-order valence-electron chi connectivity index (χ0n) is 21.0. The molecule has 0 saturated heterocycles. The Kier molecular flexibility index (Phi) is 7.36. The van der Waals surface area contributed by atoms with Gasteiger partial charge in [0.2, 0.25) is 0 Å². The number of hydrogen-bond donors (Lipinski definition) is 0. The number of fused-ring (bicyclic) bond motifs is 1. The van der Waals surface area contributed by atoms with Gasteiger partial charge < -0.3 is 9.47 Å². The molecule has 7 rings (SSSR count). The van der Waals surface area contributed by atoms with E-state index in [2.05, 4.69) is 63.5 Å². The van der Waals surface area contributed by atoms with Crippen LogP contribution in [0.1, 0.15) is 0 Å². The fourth-order valence-corrected chi connectivity index (χ4v) is 5.44. The Morgan fingerprint density at radius 1 is 0.800 bits per heavy atom. The van der Waals surface area contributed by atoms with E-state index in [1.54, 1.807) is 29.9 Å². The van der Waals surface area contributed by atoms with Crippen molar-refractivity contribution in [2.45, 2.75) is 0 Å². The molecule has 0 unspecified atom stereocenters. The summed E-state index contributed by atoms with van der Waals surface area (Å²) in [4.78, 5) is 16.7. The summed E-state index contributed by atoms with van der Waals surface area (Å²) < 4.78 is 3.14. The number of pyridine rings is 1. The summed E-state index contributed by atoms with van der Waals surface area (Å²) in [6.07, 6.45) is 10.6. The number of para-hydroxylation sites is 1. The third-order valence-electron chi connectivity index (χ3n) is 6.33. The van der Waals surface area contributed by atoms with E-state index in [0.29, 0.717) is 0 Å². The van der Waals surface area contributed by atoms with Crippen LogP contribution in [0.2, 0.25) is 0 Å². The summed E-state index contributed by atoms with van der Waals surface area (Å²) in [5.41, 5.74) is 5.42. The molecular formula is C33H20N5PtS-3. The van der Waals surface area contributed by atoms with Crippen molar-refractivity contribution in [2.24, 2.45) is 0 Å². The standard InChI is InChI=1S/C33H20N5S.Pt/c1-2-8-27(9-3-1)38(33-12-6-10-29(36-33)32-21-25-7-4-5-11-31(25)39-32)28-17-20-37(23-28)26-15-13-24(14-16-26)30-22-34-18-19-35-30;/h1-15,17-20,22H;/q-3;. The van der Waals surface area contributed by atoms with Crippen molar-refractivity contribution < 1.29 is 21.1 Å². The monoisotopic (exact) mass is 713 g/mol. The first-order valence-corrected chi connectivity index (χ1v) is 13.3. The van der Waals surface area contributed by atoms with Crippen LogP contribution in [0.5, 0.6) is 0 Å². The average molecular weight is 714 g/mol. The first kappa shape index (κ1) is 25.9. The van der Waals surface area contributed by atoms with Crippen LogP contribution in [-0.2, 0) is 21.1 Å². The van der Waals surface area contributed by atoms with Crippen LogP contribution >= 0.6 is 11.3 Å². The Hall–Kier alpha value is -4.38. The number of aromatic nitrogens is 4. The van der Waals surface area contributed by atoms with Gasteiger partial charge in [0.1, 0.15) is 5.82 Å². The molecule has 0 aliphatic heterocycles. The normalized spacial score (nSPS) is 10.8. The third-order valence-corrected chi connectivity index (χ3v) is 7.42. The minimum atomic E-state index is 0. The summed E-state index contributed by atoms with van der Waals surface area (Å²) >= 11 is 1.70. The molecule has 40 heavy (non-hydrogen) atoms. The molecule has 4 aromatic heterocycles. The maximum Gasteiger partial charge on any atom is 0.126 e. The van der Waals surface area contributed by atoms with Gasteiger partial charge in [-0.1, -0.05) is 42.5 Å². The van der Waals surface area contributed by atoms with Gasteiger partial charge in [0.05, 0.1) is 0 Å². The molecule has 7 aromatic rings. The average Bonchev–Trinajstić information content (AvgIpc) is 3.67. The quantitative estimate of drug-likeness (QED) is 0.164. The van der Waals surface area contributed by atoms with Crippen molar-refractivity contribution in [3.63, 3.8) is 0 Å². The molecule has 0 N–H and O–H groups in total. The van der Waals surface area contributed by atoms with Gasteiger partial charge in [0.25, 0.3) is 0 Å². The molecule has 0 saturated carbocycles. The molecule has 0 amide bonds. The van der Waals surface area contributed by atoms with E-state index >= 15 is 0 Å². The zero-order chi connectivity index (χ0) is 26.0. The van der Waals surface area contributed by atoms with Crippen molar-refractivity contribution in [1.29, 1.82) is 0 Å². The van der Waals surface area contributed by atoms with E-state index in [9.17, 15) is 0 Å². The molecule has 5 nitrogen and oxygen atoms in total. The number of anilines is 3. The minimum absolute atomic E-state index is 0. The van der Waals surface area contributed by atoms with Crippen LogP contribution in [0, 0.1) is 18.3 Å². The number of hydrogen-bond acceptors (Lipinski definition) is 5. The first-order valence-electron chi connectivity index (χ1n) is 12.4. The van der Waals surface area contributed by atoms with Crippen LogP contribution < -0.4 is 4.90 Å². The summed E-state index contributed by atoms with van der Waals surface area (Å²) in [5.74, 6) is 0.806. The summed E-state index contributed by atoms with van der Waals surface area (Å²) in [6.45, 7) is 0. The van der Waals surface area contributed by atoms with E-state index in [0.717, 1.165) is 50.1 Å². The Morgan fingerprint density at radius 2 is 1.68 bits per heavy atom. The molecule has 0 atom stereocenters. The SMILES string of the molecule is [Pt].[c-]1cc(-c2cnccn2)ccc1-n1[c-]c(N(c2ccccc2)c2cccc(-c3[c-]c4ccccc4s3)n2)cc1. The largest absolute Gasteiger partial charge is 0.470 e. The molecule has 0 radical (unpaired) electrons. The van der Waals surface area contributed by atoms with Crippen LogP contribution in [0.3, 0.4) is 0 Å². The number of rotatable bonds is 6. The second-order valence-electron chi connectivity index (χ2n) is 8.84. The van der Waals surface area contributed by atoms with Crippen LogP contribution in [0.15, 0.2) is 122 Å². The molecule has 196 valence electrons. The predicted octanol–water partition coefficient (Wildman–Crippen LogP) is 8.08. The van der Waals surface area contributed by atoms with E-state index in [4.69, 9.17) is 4.98 Å². The smallest absolute Gasteiger partial charge is 0.126 e. The zero-order valence-corrected chi connectivity index (χ0v) is 24.1. The number of nitrogens with zero attached hydrogens (tertiary/aromatic N) is 5. The van der Waals surface area contributed by atoms with Crippen LogP contribution in [-0.4, -0.2) is 19.5 Å². The maximum atomic E-state index is 5.07. The van der Waals surface area contributed by atoms with Crippen LogP contribution in [0.25, 0.3) is 37.6 Å². The Bertz CT molecular complexity index is 1830. The van der Waals surface area contributed by atoms with Gasteiger partial charge in [0, 0.05) is 56.7 Å². The van der Waals surface area contributed by atoms with Gasteiger partial charge in [0.15, 0.2) is 0 Å². The Morgan fingerprint density at radius 3 is 2.48 bits per heavy atom. The molecule has 0 spiro atoms. The predicted molar refractivity (Wildman–Crippen MR) is 157 cm³/mol. The first-order chi connectivity index (χ1) is 19.3. The van der Waals surface area contributed by atoms with E-state index < -0.39 is 0 Å². The fourth-order valence-electron chi connectivity index (χ4n) is 4.46. The molecule has 3 aromatic carbocycles. The second kappa shape index (κ2) is 11.4. The van der Waals surface area contributed by atoms with E-state index in [1.807, 2.05) is 77.5 Å². The molecule has 4 heterocycles. The van der Waals surface area contributed by atoms with Gasteiger partial charge in [-0.2, -0.15) is 23.9 Å². The van der Waals surface area contributed by atoms with Gasteiger partial charge in [-0.25, -0.2) is 17.4 Å². The van der Waals surface area contributed by atoms with E-state index in [-0.39, 0.29) is 21.1 Å². The molecule has 0 aliphatic rings. The number of benzene rings is 3. The van der Waals surface area contributed by atoms with Crippen LogP contribution in [0.4, 0.5) is 17.2 Å². The Labute approximate surface area is 250 Å². The second-order valence-corrected chi connectivity index (χ2v) is 9.89. The minimum Gasteiger partial charge on any atom is -0.470 e. The fraction of sp³-hybridized carbons (Fsp3) is 0. The molecular weight excluding hydrogens is 694 g/mol. The summed E-state index contributed by atoms with van der Waals surface area (Å²) in [7, 11) is 0. The van der Waals surface area contributed by atoms with Crippen molar-refractivity contribution in [1.82, 2.24) is 19.5 Å². The topological polar surface area (TPSA) is 46.8 Å². The van der Waals surface area contributed by atoms with Gasteiger partial charge in [-0.15, -0.1) is 41.4 Å². The van der Waals surface area contributed by atoms with Gasteiger partial charge in [-0.05, 0) is 39.7 Å². The molecule has 7 heteroatoms. The van der Waals surface area contributed by atoms with Gasteiger partial charge >= 0.3 is 0 Å².